The predicted molar refractivity (Wildman–Crippen MR) is 81.2 cm³/mol. The molecule has 0 aliphatic heterocycles. The Morgan fingerprint density at radius 3 is 2.47 bits per heavy atom. The van der Waals surface area contributed by atoms with Gasteiger partial charge in [-0.1, -0.05) is 12.1 Å². The number of hydrogen-bond donors (Lipinski definition) is 2. The summed E-state index contributed by atoms with van der Waals surface area (Å²) in [5.74, 6) is 0.230. The van der Waals surface area contributed by atoms with Crippen LogP contribution in [-0.2, 0) is 6.54 Å². The van der Waals surface area contributed by atoms with Gasteiger partial charge >= 0.3 is 0 Å². The lowest BCUT2D eigenvalue weighted by atomic mass is 10.2. The summed E-state index contributed by atoms with van der Waals surface area (Å²) >= 11 is 1.95. The number of rotatable bonds is 4. The zero-order valence-corrected chi connectivity index (χ0v) is 12.0. The predicted octanol–water partition coefficient (Wildman–Crippen LogP) is 3.52. The van der Waals surface area contributed by atoms with Gasteiger partial charge in [-0.25, -0.2) is 0 Å². The fraction of sp³-hybridized carbons (Fsp3) is 0.0769. The van der Waals surface area contributed by atoms with Crippen molar-refractivity contribution in [2.75, 3.05) is 5.32 Å². The number of phenols is 1. The zero-order chi connectivity index (χ0) is 13.8. The lowest BCUT2D eigenvalue weighted by Gasteiger charge is -2.07. The molecule has 2 rings (SSSR count). The number of nitro groups is 1. The minimum Gasteiger partial charge on any atom is -0.508 e. The fourth-order valence-corrected chi connectivity index (χ4v) is 2.30. The van der Waals surface area contributed by atoms with Crippen LogP contribution in [-0.4, -0.2) is 10.0 Å². The van der Waals surface area contributed by atoms with Crippen molar-refractivity contribution in [1.29, 1.82) is 0 Å². The molecule has 0 atom stereocenters. The van der Waals surface area contributed by atoms with E-state index in [0.29, 0.717) is 10.1 Å². The maximum atomic E-state index is 10.7. The Bertz CT molecular complexity index is 599. The molecule has 5 nitrogen and oxygen atoms in total. The van der Waals surface area contributed by atoms with Crippen molar-refractivity contribution in [1.82, 2.24) is 0 Å². The highest BCUT2D eigenvalue weighted by Crippen LogP contribution is 2.24. The van der Waals surface area contributed by atoms with Gasteiger partial charge in [0.2, 0.25) is 0 Å². The van der Waals surface area contributed by atoms with Crippen LogP contribution in [0.25, 0.3) is 0 Å². The van der Waals surface area contributed by atoms with Crippen LogP contribution in [0.4, 0.5) is 11.4 Å². The van der Waals surface area contributed by atoms with E-state index < -0.39 is 4.92 Å². The van der Waals surface area contributed by atoms with Crippen LogP contribution in [0.5, 0.6) is 5.75 Å². The first-order valence-electron chi connectivity index (χ1n) is 5.52. The van der Waals surface area contributed by atoms with E-state index in [1.165, 1.54) is 6.07 Å². The van der Waals surface area contributed by atoms with Gasteiger partial charge in [-0.05, 0) is 52.4 Å². The minimum atomic E-state index is -0.397. The third-order valence-electron chi connectivity index (χ3n) is 2.58. The third-order valence-corrected chi connectivity index (χ3v) is 3.44. The number of hydrogen-bond acceptors (Lipinski definition) is 4. The summed E-state index contributed by atoms with van der Waals surface area (Å²) in [6.45, 7) is 0.591. The van der Waals surface area contributed by atoms with Crippen molar-refractivity contribution in [2.24, 2.45) is 0 Å². The van der Waals surface area contributed by atoms with Gasteiger partial charge in [0.15, 0.2) is 0 Å². The van der Waals surface area contributed by atoms with E-state index in [-0.39, 0.29) is 11.4 Å². The van der Waals surface area contributed by atoms with E-state index in [2.05, 4.69) is 5.32 Å². The van der Waals surface area contributed by atoms with Gasteiger partial charge < -0.3 is 10.4 Å². The molecule has 0 radical (unpaired) electrons. The summed E-state index contributed by atoms with van der Waals surface area (Å²) in [4.78, 5) is 10.3. The standard InChI is InChI=1S/C13H11IN2O3/c14-12-7-10(3-6-13(12)16(18)19)15-8-9-1-4-11(17)5-2-9/h1-7,15,17H,8H2. The Morgan fingerprint density at radius 2 is 1.89 bits per heavy atom. The second-order valence-electron chi connectivity index (χ2n) is 3.94. The summed E-state index contributed by atoms with van der Waals surface area (Å²) in [6, 6.07) is 11.8. The van der Waals surface area contributed by atoms with Crippen LogP contribution < -0.4 is 5.32 Å². The highest BCUT2D eigenvalue weighted by molar-refractivity contribution is 14.1. The number of nitrogens with one attached hydrogen (secondary N) is 1. The van der Waals surface area contributed by atoms with Crippen molar-refractivity contribution < 1.29 is 10.0 Å². The number of phenolic OH excluding ortho intramolecular Hbond substituents is 1. The normalized spacial score (nSPS) is 10.2. The Kier molecular flexibility index (Phi) is 4.20. The third kappa shape index (κ3) is 3.57. The van der Waals surface area contributed by atoms with E-state index in [9.17, 15) is 15.2 Å². The van der Waals surface area contributed by atoms with Crippen LogP contribution in [0, 0.1) is 13.7 Å². The summed E-state index contributed by atoms with van der Waals surface area (Å²) < 4.78 is 0.596. The molecule has 19 heavy (non-hydrogen) atoms. The molecule has 0 aromatic heterocycles. The van der Waals surface area contributed by atoms with Crippen molar-refractivity contribution in [2.45, 2.75) is 6.54 Å². The first-order valence-corrected chi connectivity index (χ1v) is 6.60. The maximum Gasteiger partial charge on any atom is 0.282 e. The largest absolute Gasteiger partial charge is 0.508 e. The average Bonchev–Trinajstić information content (AvgIpc) is 2.37. The zero-order valence-electron chi connectivity index (χ0n) is 9.84. The highest BCUT2D eigenvalue weighted by Gasteiger charge is 2.11. The molecule has 2 aromatic rings. The molecule has 0 bridgehead atoms. The van der Waals surface area contributed by atoms with E-state index in [4.69, 9.17) is 0 Å². The molecular formula is C13H11IN2O3. The van der Waals surface area contributed by atoms with E-state index in [0.717, 1.165) is 11.3 Å². The summed E-state index contributed by atoms with van der Waals surface area (Å²) in [5.41, 5.74) is 1.95. The topological polar surface area (TPSA) is 75.4 Å². The number of nitrogens with zero attached hydrogens (tertiary/aromatic N) is 1. The first-order chi connectivity index (χ1) is 9.06. The number of anilines is 1. The highest BCUT2D eigenvalue weighted by atomic mass is 127. The van der Waals surface area contributed by atoms with E-state index in [1.807, 2.05) is 34.7 Å². The Labute approximate surface area is 123 Å². The van der Waals surface area contributed by atoms with Gasteiger partial charge in [0.25, 0.3) is 5.69 Å². The molecule has 0 amide bonds. The smallest absolute Gasteiger partial charge is 0.282 e. The first kappa shape index (κ1) is 13.6. The van der Waals surface area contributed by atoms with Gasteiger partial charge in [0.1, 0.15) is 5.75 Å². The molecule has 0 saturated heterocycles. The van der Waals surface area contributed by atoms with E-state index in [1.54, 1.807) is 24.3 Å². The van der Waals surface area contributed by atoms with Crippen molar-refractivity contribution in [3.8, 4) is 5.75 Å². The molecule has 0 fully saturated rings. The molecule has 98 valence electrons. The van der Waals surface area contributed by atoms with Crippen molar-refractivity contribution >= 4 is 34.0 Å². The van der Waals surface area contributed by atoms with Crippen LogP contribution >= 0.6 is 22.6 Å². The molecule has 6 heteroatoms. The van der Waals surface area contributed by atoms with Gasteiger partial charge in [0, 0.05) is 18.3 Å². The molecule has 0 aliphatic carbocycles. The SMILES string of the molecule is O=[N+]([O-])c1ccc(NCc2ccc(O)cc2)cc1I. The van der Waals surface area contributed by atoms with Crippen LogP contribution in [0.3, 0.4) is 0 Å². The molecule has 2 N–H and O–H groups in total. The number of nitro benzene ring substituents is 1. The van der Waals surface area contributed by atoms with Gasteiger partial charge in [-0.15, -0.1) is 0 Å². The summed E-state index contributed by atoms with van der Waals surface area (Å²) in [7, 11) is 0. The fourth-order valence-electron chi connectivity index (χ4n) is 1.58. The number of aromatic hydroxyl groups is 1. The maximum absolute atomic E-state index is 10.7. The Hall–Kier alpha value is -1.83. The number of halogens is 1. The molecule has 0 heterocycles. The monoisotopic (exact) mass is 370 g/mol. The number of benzene rings is 2. The lowest BCUT2D eigenvalue weighted by molar-refractivity contribution is -0.385. The van der Waals surface area contributed by atoms with E-state index >= 15 is 0 Å². The van der Waals surface area contributed by atoms with Crippen LogP contribution in [0.1, 0.15) is 5.56 Å². The molecule has 0 saturated carbocycles. The summed E-state index contributed by atoms with van der Waals surface area (Å²) in [5, 5.41) is 23.1. The molecule has 2 aromatic carbocycles. The van der Waals surface area contributed by atoms with Gasteiger partial charge in [-0.3, -0.25) is 10.1 Å². The Morgan fingerprint density at radius 1 is 1.21 bits per heavy atom. The average molecular weight is 370 g/mol. The minimum absolute atomic E-state index is 0.107. The Balaban J connectivity index is 2.06. The second-order valence-corrected chi connectivity index (χ2v) is 5.11. The van der Waals surface area contributed by atoms with Crippen LogP contribution in [0.15, 0.2) is 42.5 Å². The molecule has 0 unspecified atom stereocenters. The molecule has 0 aliphatic rings. The second kappa shape index (κ2) is 5.87. The van der Waals surface area contributed by atoms with Crippen molar-refractivity contribution in [3.63, 3.8) is 0 Å². The quantitative estimate of drug-likeness (QED) is 0.491. The van der Waals surface area contributed by atoms with Gasteiger partial charge in [-0.2, -0.15) is 0 Å². The van der Waals surface area contributed by atoms with Gasteiger partial charge in [0.05, 0.1) is 8.49 Å². The van der Waals surface area contributed by atoms with Crippen molar-refractivity contribution in [3.05, 3.63) is 61.7 Å². The molecule has 0 spiro atoms. The van der Waals surface area contributed by atoms with Crippen LogP contribution in [0.2, 0.25) is 0 Å². The lowest BCUT2D eigenvalue weighted by Crippen LogP contribution is -2.00. The summed E-state index contributed by atoms with van der Waals surface area (Å²) in [6.07, 6.45) is 0. The molecular weight excluding hydrogens is 359 g/mol.